The van der Waals surface area contributed by atoms with E-state index in [4.69, 9.17) is 0 Å². The molecular formula is C11H22. The lowest BCUT2D eigenvalue weighted by molar-refractivity contribution is 0.364. The minimum absolute atomic E-state index is 0.382. The van der Waals surface area contributed by atoms with E-state index in [2.05, 4.69) is 47.6 Å². The normalized spacial score (nSPS) is 11.9. The molecule has 0 aromatic heterocycles. The van der Waals surface area contributed by atoms with Crippen molar-refractivity contribution < 1.29 is 0 Å². The third kappa shape index (κ3) is 6.15. The van der Waals surface area contributed by atoms with Crippen LogP contribution in [0.15, 0.2) is 11.6 Å². The fourth-order valence-corrected chi connectivity index (χ4v) is 1.89. The van der Waals surface area contributed by atoms with Gasteiger partial charge in [0, 0.05) is 0 Å². The zero-order chi connectivity index (χ0) is 9.07. The first-order valence-electron chi connectivity index (χ1n) is 4.49. The maximum Gasteiger partial charge on any atom is -0.0170 e. The van der Waals surface area contributed by atoms with Crippen molar-refractivity contribution in [1.82, 2.24) is 0 Å². The van der Waals surface area contributed by atoms with Crippen molar-refractivity contribution in [2.75, 3.05) is 0 Å². The molecule has 0 aliphatic heterocycles. The van der Waals surface area contributed by atoms with Gasteiger partial charge in [-0.3, -0.25) is 0 Å². The molecule has 0 aliphatic rings. The van der Waals surface area contributed by atoms with Crippen LogP contribution in [0.25, 0.3) is 0 Å². The van der Waals surface area contributed by atoms with Gasteiger partial charge in [0.25, 0.3) is 0 Å². The Hall–Kier alpha value is -0.260. The maximum absolute atomic E-state index is 2.37. The van der Waals surface area contributed by atoms with E-state index < -0.39 is 0 Å². The fraction of sp³-hybridized carbons (Fsp3) is 0.818. The monoisotopic (exact) mass is 154 g/mol. The Morgan fingerprint density at radius 2 is 1.73 bits per heavy atom. The third-order valence-corrected chi connectivity index (χ3v) is 1.61. The van der Waals surface area contributed by atoms with Gasteiger partial charge in [-0.25, -0.2) is 0 Å². The molecule has 0 nitrogen and oxygen atoms in total. The van der Waals surface area contributed by atoms with Crippen LogP contribution in [-0.4, -0.2) is 0 Å². The summed E-state index contributed by atoms with van der Waals surface area (Å²) in [5, 5.41) is 0. The molecule has 0 saturated heterocycles. The van der Waals surface area contributed by atoms with E-state index in [0.29, 0.717) is 5.41 Å². The van der Waals surface area contributed by atoms with E-state index in [-0.39, 0.29) is 0 Å². The second-order valence-corrected chi connectivity index (χ2v) is 4.81. The van der Waals surface area contributed by atoms with Crippen LogP contribution in [0.1, 0.15) is 48.0 Å². The predicted molar refractivity (Wildman–Crippen MR) is 52.7 cm³/mol. The van der Waals surface area contributed by atoms with Crippen molar-refractivity contribution in [3.05, 3.63) is 11.6 Å². The highest BCUT2D eigenvalue weighted by Gasteiger charge is 2.15. The molecule has 0 heterocycles. The molecule has 0 unspecified atom stereocenters. The molecule has 0 aliphatic carbocycles. The summed E-state index contributed by atoms with van der Waals surface area (Å²) in [7, 11) is 0. The first-order chi connectivity index (χ1) is 4.83. The highest BCUT2D eigenvalue weighted by atomic mass is 14.2. The van der Waals surface area contributed by atoms with Crippen LogP contribution in [0.4, 0.5) is 0 Å². The SMILES string of the molecule is CC(C)=CC(C)(C)CC(C)C. The summed E-state index contributed by atoms with van der Waals surface area (Å²) >= 11 is 0. The highest BCUT2D eigenvalue weighted by Crippen LogP contribution is 2.27. The molecule has 0 heteroatoms. The van der Waals surface area contributed by atoms with Gasteiger partial charge < -0.3 is 0 Å². The smallest absolute Gasteiger partial charge is 0.0170 e. The second kappa shape index (κ2) is 3.94. The first kappa shape index (κ1) is 10.7. The molecule has 0 aromatic rings. The van der Waals surface area contributed by atoms with E-state index in [1.807, 2.05) is 0 Å². The number of hydrogen-bond acceptors (Lipinski definition) is 0. The van der Waals surface area contributed by atoms with E-state index in [9.17, 15) is 0 Å². The molecule has 66 valence electrons. The quantitative estimate of drug-likeness (QED) is 0.538. The highest BCUT2D eigenvalue weighted by molar-refractivity contribution is 5.02. The molecule has 0 rings (SSSR count). The van der Waals surface area contributed by atoms with E-state index in [1.165, 1.54) is 12.0 Å². The van der Waals surface area contributed by atoms with Gasteiger partial charge in [-0.2, -0.15) is 0 Å². The zero-order valence-corrected chi connectivity index (χ0v) is 8.86. The molecule has 0 radical (unpaired) electrons. The van der Waals surface area contributed by atoms with Crippen molar-refractivity contribution in [2.24, 2.45) is 11.3 Å². The largest absolute Gasteiger partial charge is 0.0802 e. The molecule has 0 amide bonds. The number of hydrogen-bond donors (Lipinski definition) is 0. The Kier molecular flexibility index (Phi) is 3.85. The molecule has 0 fully saturated rings. The Morgan fingerprint density at radius 3 is 2.00 bits per heavy atom. The molecular weight excluding hydrogens is 132 g/mol. The van der Waals surface area contributed by atoms with Gasteiger partial charge in [0.1, 0.15) is 0 Å². The van der Waals surface area contributed by atoms with Gasteiger partial charge in [0.05, 0.1) is 0 Å². The topological polar surface area (TPSA) is 0 Å². The van der Waals surface area contributed by atoms with Gasteiger partial charge in [-0.1, -0.05) is 39.3 Å². The van der Waals surface area contributed by atoms with Crippen LogP contribution in [-0.2, 0) is 0 Å². The Balaban J connectivity index is 4.11. The summed E-state index contributed by atoms with van der Waals surface area (Å²) in [5.41, 5.74) is 1.81. The van der Waals surface area contributed by atoms with E-state index >= 15 is 0 Å². The maximum atomic E-state index is 2.37. The van der Waals surface area contributed by atoms with Gasteiger partial charge in [0.2, 0.25) is 0 Å². The average molecular weight is 154 g/mol. The van der Waals surface area contributed by atoms with Crippen LogP contribution in [0.2, 0.25) is 0 Å². The van der Waals surface area contributed by atoms with Crippen LogP contribution in [0.3, 0.4) is 0 Å². The Labute approximate surface area is 71.7 Å². The van der Waals surface area contributed by atoms with Gasteiger partial charge in [0.15, 0.2) is 0 Å². The summed E-state index contributed by atoms with van der Waals surface area (Å²) < 4.78 is 0. The lowest BCUT2D eigenvalue weighted by Crippen LogP contribution is -2.11. The average Bonchev–Trinajstić information content (AvgIpc) is 1.53. The predicted octanol–water partition coefficient (Wildman–Crippen LogP) is 4.02. The summed E-state index contributed by atoms with van der Waals surface area (Å²) in [6, 6.07) is 0. The molecule has 0 aromatic carbocycles. The second-order valence-electron chi connectivity index (χ2n) is 4.81. The fourth-order valence-electron chi connectivity index (χ4n) is 1.89. The van der Waals surface area contributed by atoms with Crippen molar-refractivity contribution in [3.63, 3.8) is 0 Å². The zero-order valence-electron chi connectivity index (χ0n) is 8.86. The van der Waals surface area contributed by atoms with Crippen LogP contribution in [0, 0.1) is 11.3 Å². The molecule has 11 heavy (non-hydrogen) atoms. The van der Waals surface area contributed by atoms with Crippen molar-refractivity contribution in [1.29, 1.82) is 0 Å². The summed E-state index contributed by atoms with van der Waals surface area (Å²) in [6.07, 6.45) is 3.64. The molecule has 0 atom stereocenters. The van der Waals surface area contributed by atoms with E-state index in [1.54, 1.807) is 0 Å². The van der Waals surface area contributed by atoms with Gasteiger partial charge in [-0.15, -0.1) is 0 Å². The number of rotatable bonds is 3. The van der Waals surface area contributed by atoms with Crippen LogP contribution >= 0.6 is 0 Å². The van der Waals surface area contributed by atoms with Crippen LogP contribution < -0.4 is 0 Å². The summed E-state index contributed by atoms with van der Waals surface area (Å²) in [5.74, 6) is 0.792. The Bertz CT molecular complexity index is 134. The lowest BCUT2D eigenvalue weighted by atomic mass is 9.83. The number of allylic oxidation sites excluding steroid dienone is 2. The van der Waals surface area contributed by atoms with Gasteiger partial charge >= 0.3 is 0 Å². The van der Waals surface area contributed by atoms with Crippen molar-refractivity contribution >= 4 is 0 Å². The van der Waals surface area contributed by atoms with E-state index in [0.717, 1.165) is 5.92 Å². The lowest BCUT2D eigenvalue weighted by Gasteiger charge is -2.23. The minimum atomic E-state index is 0.382. The standard InChI is InChI=1S/C11H22/c1-9(2)7-11(5,6)8-10(3)4/h7,10H,8H2,1-6H3. The van der Waals surface area contributed by atoms with Crippen molar-refractivity contribution in [3.8, 4) is 0 Å². The van der Waals surface area contributed by atoms with Gasteiger partial charge in [-0.05, 0) is 31.6 Å². The minimum Gasteiger partial charge on any atom is -0.0802 e. The first-order valence-corrected chi connectivity index (χ1v) is 4.49. The molecule has 0 saturated carbocycles. The van der Waals surface area contributed by atoms with Crippen molar-refractivity contribution in [2.45, 2.75) is 48.0 Å². The molecule has 0 spiro atoms. The molecule has 0 bridgehead atoms. The summed E-state index contributed by atoms with van der Waals surface area (Å²) in [6.45, 7) is 13.5. The third-order valence-electron chi connectivity index (χ3n) is 1.61. The Morgan fingerprint density at radius 1 is 1.27 bits per heavy atom. The van der Waals surface area contributed by atoms with Crippen LogP contribution in [0.5, 0.6) is 0 Å². The summed E-state index contributed by atoms with van der Waals surface area (Å²) in [4.78, 5) is 0. The molecule has 0 N–H and O–H groups in total.